The minimum atomic E-state index is -4.08. The molecule has 2 fully saturated rings. The lowest BCUT2D eigenvalue weighted by atomic mass is 9.82. The first-order valence-electron chi connectivity index (χ1n) is 16.9. The number of nitrogens with one attached hydrogen (secondary N) is 2. The predicted octanol–water partition coefficient (Wildman–Crippen LogP) is 2.57. The van der Waals surface area contributed by atoms with Gasteiger partial charge in [0.15, 0.2) is 5.13 Å². The molecular weight excluding hydrogens is 692 g/mol. The van der Waals surface area contributed by atoms with Crippen LogP contribution in [0.5, 0.6) is 0 Å². The van der Waals surface area contributed by atoms with Crippen LogP contribution in [-0.4, -0.2) is 91.3 Å². The van der Waals surface area contributed by atoms with Crippen LogP contribution in [0, 0.1) is 11.8 Å². The van der Waals surface area contributed by atoms with Gasteiger partial charge in [0.05, 0.1) is 25.0 Å². The van der Waals surface area contributed by atoms with Crippen LogP contribution in [0.1, 0.15) is 70.1 Å². The fraction of sp³-hybridized carbons (Fsp3) is 0.667. The van der Waals surface area contributed by atoms with Crippen molar-refractivity contribution in [3.63, 3.8) is 0 Å². The number of amides is 1. The van der Waals surface area contributed by atoms with E-state index in [-0.39, 0.29) is 57.5 Å². The number of hydrogen-bond donors (Lipinski definition) is 5. The molecule has 1 aliphatic heterocycles. The van der Waals surface area contributed by atoms with Crippen LogP contribution >= 0.6 is 23.7 Å². The minimum absolute atomic E-state index is 0. The number of nitrogen functional groups attached to an aromatic ring is 1. The number of carbonyl (C=O) groups is 2. The van der Waals surface area contributed by atoms with E-state index in [0.29, 0.717) is 29.6 Å². The number of rotatable bonds is 17. The number of aliphatic hydroxyl groups is 1. The lowest BCUT2D eigenvalue weighted by Crippen LogP contribution is -2.57. The quantitative estimate of drug-likeness (QED) is 0.150. The summed E-state index contributed by atoms with van der Waals surface area (Å²) in [7, 11) is -4.08. The number of carbonyl (C=O) groups excluding carboxylic acids is 2. The van der Waals surface area contributed by atoms with Crippen molar-refractivity contribution in [3.8, 4) is 0 Å². The van der Waals surface area contributed by atoms with Gasteiger partial charge in [-0.05, 0) is 36.7 Å². The van der Waals surface area contributed by atoms with Crippen molar-refractivity contribution in [3.05, 3.63) is 47.0 Å². The number of morpholine rings is 1. The number of halogens is 1. The van der Waals surface area contributed by atoms with Gasteiger partial charge >= 0.3 is 5.97 Å². The third-order valence-electron chi connectivity index (χ3n) is 8.88. The Balaban J connectivity index is 0.00000650. The number of ether oxygens (including phenoxy) is 2. The average Bonchev–Trinajstić information content (AvgIpc) is 3.47. The highest BCUT2D eigenvalue weighted by molar-refractivity contribution is 7.87. The lowest BCUT2D eigenvalue weighted by Gasteiger charge is -2.33. The lowest BCUT2D eigenvalue weighted by molar-refractivity contribution is -0.161. The van der Waals surface area contributed by atoms with E-state index in [1.165, 1.54) is 22.1 Å². The zero-order chi connectivity index (χ0) is 34.7. The van der Waals surface area contributed by atoms with Crippen LogP contribution in [0.4, 0.5) is 5.13 Å². The molecule has 7 N–H and O–H groups in total. The number of nitrogens with zero attached hydrogens (tertiary/aromatic N) is 2. The molecule has 1 saturated carbocycles. The Labute approximate surface area is 300 Å². The first-order valence-corrected chi connectivity index (χ1v) is 19.3. The molecule has 0 spiro atoms. The number of aromatic nitrogens is 1. The van der Waals surface area contributed by atoms with Crippen molar-refractivity contribution >= 4 is 51.0 Å². The fourth-order valence-electron chi connectivity index (χ4n) is 6.40. The maximum atomic E-state index is 14.0. The molecule has 1 amide bonds. The molecule has 49 heavy (non-hydrogen) atoms. The van der Waals surface area contributed by atoms with Gasteiger partial charge in [0.1, 0.15) is 18.2 Å². The van der Waals surface area contributed by atoms with E-state index >= 15 is 0 Å². The summed E-state index contributed by atoms with van der Waals surface area (Å²) in [6, 6.07) is 5.88. The van der Waals surface area contributed by atoms with E-state index in [1.807, 2.05) is 19.9 Å². The molecule has 276 valence electrons. The zero-order valence-electron chi connectivity index (χ0n) is 28.4. The molecule has 0 bridgehead atoms. The Hall–Kier alpha value is -2.37. The van der Waals surface area contributed by atoms with Crippen molar-refractivity contribution in [1.82, 2.24) is 19.3 Å². The Kier molecular flexibility index (Phi) is 16.6. The molecule has 1 aliphatic carbocycles. The normalized spacial score (nSPS) is 19.3. The van der Waals surface area contributed by atoms with E-state index in [4.69, 9.17) is 20.9 Å². The maximum Gasteiger partial charge on any atom is 0.329 e. The highest BCUT2D eigenvalue weighted by atomic mass is 35.5. The van der Waals surface area contributed by atoms with Crippen molar-refractivity contribution in [1.29, 1.82) is 0 Å². The Morgan fingerprint density at radius 1 is 1.10 bits per heavy atom. The van der Waals surface area contributed by atoms with E-state index in [2.05, 4.69) is 15.0 Å². The summed E-state index contributed by atoms with van der Waals surface area (Å²) in [4.78, 5) is 32.2. The summed E-state index contributed by atoms with van der Waals surface area (Å²) in [5, 5.41) is 15.9. The average molecular weight is 745 g/mol. The van der Waals surface area contributed by atoms with Gasteiger partial charge in [-0.2, -0.15) is 17.4 Å². The van der Waals surface area contributed by atoms with E-state index in [9.17, 15) is 23.1 Å². The van der Waals surface area contributed by atoms with Gasteiger partial charge in [-0.15, -0.1) is 23.7 Å². The summed E-state index contributed by atoms with van der Waals surface area (Å²) in [6.07, 6.45) is 4.47. The van der Waals surface area contributed by atoms with Gasteiger partial charge in [-0.25, -0.2) is 9.78 Å². The second kappa shape index (κ2) is 19.9. The first-order chi connectivity index (χ1) is 22.9. The molecule has 2 aliphatic rings. The number of aliphatic hydroxyl groups excluding tert-OH is 1. The van der Waals surface area contributed by atoms with Crippen molar-refractivity contribution in [2.75, 3.05) is 32.0 Å². The second-order valence-corrected chi connectivity index (χ2v) is 15.9. The molecule has 0 radical (unpaired) electrons. The second-order valence-electron chi connectivity index (χ2n) is 13.3. The Morgan fingerprint density at radius 2 is 1.78 bits per heavy atom. The SMILES string of the molecule is CC(C)C[C@H](O)C(OC(=O)[C@H](Cc1csc(N)n1)NC(=O)[C@H](Cc1ccccc1)NS(=O)(=O)N1CCOCC1)[C@@H](N)CC1CCCCC1.Cl. The predicted molar refractivity (Wildman–Crippen MR) is 192 cm³/mol. The number of nitrogens with two attached hydrogens (primary N) is 2. The number of hydrogen-bond acceptors (Lipinski definition) is 11. The molecule has 1 aromatic heterocycles. The van der Waals surface area contributed by atoms with Crippen LogP contribution in [-0.2, 0) is 42.1 Å². The van der Waals surface area contributed by atoms with E-state index in [1.54, 1.807) is 29.6 Å². The van der Waals surface area contributed by atoms with E-state index in [0.717, 1.165) is 31.2 Å². The summed E-state index contributed by atoms with van der Waals surface area (Å²) in [6.45, 7) is 4.72. The fourth-order valence-corrected chi connectivity index (χ4v) is 8.30. The molecule has 2 heterocycles. The number of esters is 1. The zero-order valence-corrected chi connectivity index (χ0v) is 30.8. The van der Waals surface area contributed by atoms with Gasteiger partial charge in [0.2, 0.25) is 5.91 Å². The molecule has 1 saturated heterocycles. The third-order valence-corrected chi connectivity index (χ3v) is 11.2. The smallest absolute Gasteiger partial charge is 0.329 e. The van der Waals surface area contributed by atoms with Crippen LogP contribution in [0.25, 0.3) is 0 Å². The van der Waals surface area contributed by atoms with Crippen molar-refractivity contribution in [2.45, 2.75) is 102 Å². The van der Waals surface area contributed by atoms with Crippen LogP contribution in [0.2, 0.25) is 0 Å². The first kappa shape index (κ1) is 41.1. The highest BCUT2D eigenvalue weighted by Crippen LogP contribution is 2.29. The van der Waals surface area contributed by atoms with Crippen LogP contribution in [0.15, 0.2) is 35.7 Å². The highest BCUT2D eigenvalue weighted by Gasteiger charge is 2.37. The molecule has 4 rings (SSSR count). The number of anilines is 1. The molecular formula is C33H53ClN6O7S2. The van der Waals surface area contributed by atoms with Crippen molar-refractivity contribution in [2.24, 2.45) is 17.6 Å². The Morgan fingerprint density at radius 3 is 2.39 bits per heavy atom. The largest absolute Gasteiger partial charge is 0.456 e. The summed E-state index contributed by atoms with van der Waals surface area (Å²) < 4.78 is 41.8. The number of benzene rings is 1. The molecule has 16 heteroatoms. The number of thiazole rings is 1. The van der Waals surface area contributed by atoms with Gasteiger partial charge in [-0.1, -0.05) is 76.3 Å². The molecule has 1 unspecified atom stereocenters. The Bertz CT molecular complexity index is 1410. The van der Waals surface area contributed by atoms with Gasteiger partial charge < -0.3 is 31.4 Å². The topological polar surface area (TPSA) is 199 Å². The van der Waals surface area contributed by atoms with Gasteiger partial charge in [-0.3, -0.25) is 4.79 Å². The van der Waals surface area contributed by atoms with Crippen molar-refractivity contribution < 1.29 is 32.6 Å². The summed E-state index contributed by atoms with van der Waals surface area (Å²) >= 11 is 1.19. The summed E-state index contributed by atoms with van der Waals surface area (Å²) in [5.74, 6) is -1.01. The molecule has 5 atom stereocenters. The third kappa shape index (κ3) is 13.0. The summed E-state index contributed by atoms with van der Waals surface area (Å²) in [5.41, 5.74) is 13.7. The molecule has 13 nitrogen and oxygen atoms in total. The molecule has 1 aromatic carbocycles. The van der Waals surface area contributed by atoms with E-state index < -0.39 is 52.4 Å². The molecule has 2 aromatic rings. The monoisotopic (exact) mass is 744 g/mol. The van der Waals surface area contributed by atoms with Gasteiger partial charge in [0.25, 0.3) is 10.2 Å². The van der Waals surface area contributed by atoms with Crippen LogP contribution < -0.4 is 21.5 Å². The maximum absolute atomic E-state index is 14.0. The van der Waals surface area contributed by atoms with Crippen LogP contribution in [0.3, 0.4) is 0 Å². The minimum Gasteiger partial charge on any atom is -0.456 e. The van der Waals surface area contributed by atoms with Gasteiger partial charge in [0, 0.05) is 30.9 Å². The standard InChI is InChI=1S/C33H52N6O7S2.ClH/c1-22(2)17-29(40)30(26(34)18-23-9-5-3-6-10-23)46-32(42)28(20-25-21-47-33(35)36-25)37-31(41)27(19-24-11-7-4-8-12-24)38-48(43,44)39-13-15-45-16-14-39;/h4,7-8,11-12,21-23,26-30,38,40H,3,5-6,9-10,13-20,34H2,1-2H3,(H2,35,36)(H,37,41);1H/t26-,27-,28-,29-,30?;/m0./s1.